The molecule has 0 saturated heterocycles. The number of aromatic nitrogens is 2. The van der Waals surface area contributed by atoms with Crippen LogP contribution in [0.4, 0.5) is 24.7 Å². The van der Waals surface area contributed by atoms with Crippen molar-refractivity contribution in [3.63, 3.8) is 0 Å². The zero-order valence-electron chi connectivity index (χ0n) is 24.5. The van der Waals surface area contributed by atoms with Gasteiger partial charge in [0.1, 0.15) is 11.9 Å². The standard InChI is InChI=1S/C32H30F3N5O4S/c1-4-17-45(43,44)38-24-14-10-11-21(19-24)27-26-20(3)37-40(25-15-7-6-8-16-25)30(26)39(5-2)31(42)28(27)36-29(41)22-12-9-13-23(18-22)32(33,34)35/h4,6-19,27-28,38H,5H2,1-3H3,(H,36,41)/b17-4+/t27-,28+/m0/s1. The number of aryl methyl sites for hydroxylation is 1. The average molecular weight is 638 g/mol. The molecule has 4 aromatic rings. The van der Waals surface area contributed by atoms with Gasteiger partial charge in [-0.05, 0) is 68.8 Å². The molecule has 0 aliphatic carbocycles. The van der Waals surface area contributed by atoms with Crippen LogP contribution in [0.1, 0.15) is 52.5 Å². The van der Waals surface area contributed by atoms with Gasteiger partial charge in [-0.1, -0.05) is 42.5 Å². The van der Waals surface area contributed by atoms with E-state index in [1.165, 1.54) is 17.0 Å². The first kappa shape index (κ1) is 31.5. The largest absolute Gasteiger partial charge is 0.416 e. The molecule has 0 bridgehead atoms. The third-order valence-electron chi connectivity index (χ3n) is 7.39. The topological polar surface area (TPSA) is 113 Å². The number of sulfonamides is 1. The predicted molar refractivity (Wildman–Crippen MR) is 165 cm³/mol. The van der Waals surface area contributed by atoms with E-state index in [9.17, 15) is 31.2 Å². The van der Waals surface area contributed by atoms with Crippen molar-refractivity contribution in [1.82, 2.24) is 15.1 Å². The molecule has 1 aliphatic rings. The number of anilines is 2. The van der Waals surface area contributed by atoms with E-state index in [1.54, 1.807) is 49.7 Å². The Morgan fingerprint density at radius 2 is 1.73 bits per heavy atom. The number of likely N-dealkylation sites (N-methyl/N-ethyl adjacent to an activating group) is 1. The summed E-state index contributed by atoms with van der Waals surface area (Å²) in [6.07, 6.45) is -3.30. The number of carbonyl (C=O) groups excluding carboxylic acids is 2. The second-order valence-corrected chi connectivity index (χ2v) is 12.0. The van der Waals surface area contributed by atoms with Gasteiger partial charge in [-0.3, -0.25) is 19.2 Å². The van der Waals surface area contributed by atoms with Gasteiger partial charge in [0.2, 0.25) is 0 Å². The molecule has 0 radical (unpaired) electrons. The van der Waals surface area contributed by atoms with Crippen LogP contribution in [0.15, 0.2) is 90.3 Å². The summed E-state index contributed by atoms with van der Waals surface area (Å²) in [6.45, 7) is 5.30. The number of nitrogens with zero attached hydrogens (tertiary/aromatic N) is 3. The molecule has 5 rings (SSSR count). The number of amides is 2. The monoisotopic (exact) mass is 637 g/mol. The van der Waals surface area contributed by atoms with Crippen molar-refractivity contribution >= 4 is 33.3 Å². The highest BCUT2D eigenvalue weighted by atomic mass is 32.2. The number of rotatable bonds is 8. The number of fused-ring (bicyclic) bond motifs is 1. The Kier molecular flexibility index (Phi) is 8.57. The summed E-state index contributed by atoms with van der Waals surface area (Å²) < 4.78 is 69.4. The fraction of sp³-hybridized carbons (Fsp3) is 0.219. The van der Waals surface area contributed by atoms with Crippen molar-refractivity contribution in [3.8, 4) is 5.69 Å². The van der Waals surface area contributed by atoms with Crippen molar-refractivity contribution in [2.75, 3.05) is 16.2 Å². The number of benzene rings is 3. The SMILES string of the molecule is C/C=C/S(=O)(=O)Nc1cccc([C@H]2c3c(C)nn(-c4ccccc4)c3N(CC)C(=O)[C@@H]2NC(=O)c2cccc(C(F)(F)F)c2)c1. The summed E-state index contributed by atoms with van der Waals surface area (Å²) in [7, 11) is -3.82. The molecule has 1 aromatic heterocycles. The summed E-state index contributed by atoms with van der Waals surface area (Å²) in [5, 5.41) is 8.46. The van der Waals surface area contributed by atoms with Gasteiger partial charge in [0.15, 0.2) is 0 Å². The molecular formula is C32H30F3N5O4S. The van der Waals surface area contributed by atoms with Crippen molar-refractivity contribution < 1.29 is 31.2 Å². The number of hydrogen-bond donors (Lipinski definition) is 2. The lowest BCUT2D eigenvalue weighted by molar-refractivity contribution is -0.137. The van der Waals surface area contributed by atoms with E-state index in [4.69, 9.17) is 5.10 Å². The number of allylic oxidation sites excluding steroid dienone is 1. The molecule has 9 nitrogen and oxygen atoms in total. The minimum atomic E-state index is -4.67. The second kappa shape index (κ2) is 12.2. The van der Waals surface area contributed by atoms with Gasteiger partial charge in [-0.25, -0.2) is 13.1 Å². The highest BCUT2D eigenvalue weighted by Crippen LogP contribution is 2.44. The Balaban J connectivity index is 1.67. The van der Waals surface area contributed by atoms with E-state index in [0.29, 0.717) is 28.3 Å². The van der Waals surface area contributed by atoms with Crippen LogP contribution in [0.25, 0.3) is 5.69 Å². The maximum absolute atomic E-state index is 14.3. The lowest BCUT2D eigenvalue weighted by Gasteiger charge is -2.38. The first-order valence-corrected chi connectivity index (χ1v) is 15.6. The molecule has 45 heavy (non-hydrogen) atoms. The molecule has 0 spiro atoms. The lowest BCUT2D eigenvalue weighted by atomic mass is 9.81. The fourth-order valence-corrected chi connectivity index (χ4v) is 6.41. The first-order chi connectivity index (χ1) is 21.3. The molecule has 234 valence electrons. The van der Waals surface area contributed by atoms with Crippen LogP contribution >= 0.6 is 0 Å². The third kappa shape index (κ3) is 6.34. The highest BCUT2D eigenvalue weighted by Gasteiger charge is 2.45. The van der Waals surface area contributed by atoms with Gasteiger partial charge in [0, 0.05) is 34.7 Å². The molecule has 0 unspecified atom stereocenters. The van der Waals surface area contributed by atoms with Crippen molar-refractivity contribution in [1.29, 1.82) is 0 Å². The van der Waals surface area contributed by atoms with Crippen LogP contribution in [0.5, 0.6) is 0 Å². The van der Waals surface area contributed by atoms with E-state index >= 15 is 0 Å². The van der Waals surface area contributed by atoms with E-state index in [1.807, 2.05) is 30.3 Å². The molecule has 2 amide bonds. The molecule has 0 saturated carbocycles. The van der Waals surface area contributed by atoms with Crippen molar-refractivity contribution in [2.24, 2.45) is 0 Å². The van der Waals surface area contributed by atoms with E-state index < -0.39 is 45.5 Å². The molecular weight excluding hydrogens is 607 g/mol. The molecule has 2 heterocycles. The number of para-hydroxylation sites is 1. The molecule has 2 N–H and O–H groups in total. The Morgan fingerprint density at radius 3 is 2.40 bits per heavy atom. The van der Waals surface area contributed by atoms with Crippen LogP contribution in [0.3, 0.4) is 0 Å². The van der Waals surface area contributed by atoms with Crippen LogP contribution < -0.4 is 14.9 Å². The maximum Gasteiger partial charge on any atom is 0.416 e. The van der Waals surface area contributed by atoms with Gasteiger partial charge in [-0.2, -0.15) is 18.3 Å². The van der Waals surface area contributed by atoms with Crippen LogP contribution in [-0.4, -0.2) is 42.6 Å². The average Bonchev–Trinajstić information content (AvgIpc) is 3.33. The van der Waals surface area contributed by atoms with E-state index in [0.717, 1.165) is 23.6 Å². The molecule has 13 heteroatoms. The number of nitrogens with one attached hydrogen (secondary N) is 2. The predicted octanol–water partition coefficient (Wildman–Crippen LogP) is 5.77. The zero-order valence-corrected chi connectivity index (χ0v) is 25.4. The van der Waals surface area contributed by atoms with Crippen LogP contribution in [0.2, 0.25) is 0 Å². The van der Waals surface area contributed by atoms with Gasteiger partial charge in [0.05, 0.1) is 16.9 Å². The molecule has 1 aliphatic heterocycles. The second-order valence-electron chi connectivity index (χ2n) is 10.4. The minimum Gasteiger partial charge on any atom is -0.339 e. The Hall–Kier alpha value is -4.91. The van der Waals surface area contributed by atoms with E-state index in [2.05, 4.69) is 10.0 Å². The maximum atomic E-state index is 14.3. The third-order valence-corrected chi connectivity index (χ3v) is 8.54. The van der Waals surface area contributed by atoms with Crippen molar-refractivity contribution in [2.45, 2.75) is 38.9 Å². The molecule has 2 atom stereocenters. The minimum absolute atomic E-state index is 0.204. The summed E-state index contributed by atoms with van der Waals surface area (Å²) >= 11 is 0. The van der Waals surface area contributed by atoms with Crippen molar-refractivity contribution in [3.05, 3.63) is 118 Å². The molecule has 3 aromatic carbocycles. The lowest BCUT2D eigenvalue weighted by Crippen LogP contribution is -2.55. The Bertz CT molecular complexity index is 1890. The summed E-state index contributed by atoms with van der Waals surface area (Å²) in [6, 6.07) is 18.3. The number of hydrogen-bond acceptors (Lipinski definition) is 5. The molecule has 0 fully saturated rings. The van der Waals surface area contributed by atoms with Gasteiger partial charge < -0.3 is 5.32 Å². The first-order valence-electron chi connectivity index (χ1n) is 14.0. The Labute approximate surface area is 258 Å². The summed E-state index contributed by atoms with van der Waals surface area (Å²) in [4.78, 5) is 29.2. The number of halogens is 3. The number of carbonyl (C=O) groups is 2. The smallest absolute Gasteiger partial charge is 0.339 e. The highest BCUT2D eigenvalue weighted by molar-refractivity contribution is 7.95. The quantitative estimate of drug-likeness (QED) is 0.255. The van der Waals surface area contributed by atoms with E-state index in [-0.39, 0.29) is 17.8 Å². The number of alkyl halides is 3. The summed E-state index contributed by atoms with van der Waals surface area (Å²) in [5.74, 6) is -1.79. The van der Waals surface area contributed by atoms with Crippen LogP contribution in [0, 0.1) is 6.92 Å². The van der Waals surface area contributed by atoms with Gasteiger partial charge >= 0.3 is 6.18 Å². The summed E-state index contributed by atoms with van der Waals surface area (Å²) in [5.41, 5.74) is 1.26. The van der Waals surface area contributed by atoms with Gasteiger partial charge in [-0.15, -0.1) is 0 Å². The van der Waals surface area contributed by atoms with Gasteiger partial charge in [0.25, 0.3) is 21.8 Å². The van der Waals surface area contributed by atoms with Crippen LogP contribution in [-0.2, 0) is 21.0 Å². The Morgan fingerprint density at radius 1 is 1.02 bits per heavy atom. The normalized spacial score (nSPS) is 16.9. The fourth-order valence-electron chi connectivity index (χ4n) is 5.53. The zero-order chi connectivity index (χ0) is 32.5.